The zero-order chi connectivity index (χ0) is 13.6. The van der Waals surface area contributed by atoms with Gasteiger partial charge in [-0.3, -0.25) is 4.79 Å². The first-order valence-corrected chi connectivity index (χ1v) is 6.46. The van der Waals surface area contributed by atoms with Crippen LogP contribution in [-0.4, -0.2) is 29.6 Å². The van der Waals surface area contributed by atoms with Crippen LogP contribution in [0, 0.1) is 5.82 Å². The zero-order valence-corrected chi connectivity index (χ0v) is 10.6. The van der Waals surface area contributed by atoms with Gasteiger partial charge in [0.1, 0.15) is 11.9 Å². The average molecular weight is 265 g/mol. The number of nitrogens with two attached hydrogens (primary N) is 1. The molecule has 0 spiro atoms. The van der Waals surface area contributed by atoms with Crippen LogP contribution in [0.4, 0.5) is 4.39 Å². The maximum absolute atomic E-state index is 14.3. The number of amides is 1. The number of nitrogens with one attached hydrogen (secondary N) is 1. The van der Waals surface area contributed by atoms with Crippen LogP contribution >= 0.6 is 0 Å². The van der Waals surface area contributed by atoms with Crippen molar-refractivity contribution in [3.63, 3.8) is 0 Å². The third-order valence-corrected chi connectivity index (χ3v) is 3.72. The number of nitrogens with zero attached hydrogens (tertiary/aromatic N) is 1. The number of ether oxygens (including phenoxy) is 1. The quantitative estimate of drug-likeness (QED) is 0.849. The Morgan fingerprint density at radius 2 is 2.32 bits per heavy atom. The van der Waals surface area contributed by atoms with Crippen molar-refractivity contribution < 1.29 is 13.9 Å². The summed E-state index contributed by atoms with van der Waals surface area (Å²) in [6, 6.07) is 0.242. The first kappa shape index (κ1) is 12.3. The van der Waals surface area contributed by atoms with Crippen molar-refractivity contribution in [3.05, 3.63) is 23.3 Å². The molecular formula is C13H16FN3O2. The van der Waals surface area contributed by atoms with E-state index in [-0.39, 0.29) is 23.8 Å². The van der Waals surface area contributed by atoms with Gasteiger partial charge < -0.3 is 15.8 Å². The van der Waals surface area contributed by atoms with Crippen molar-refractivity contribution in [3.8, 4) is 5.75 Å². The first-order chi connectivity index (χ1) is 9.08. The van der Waals surface area contributed by atoms with E-state index in [1.165, 1.54) is 6.20 Å². The molecule has 6 heteroatoms. The molecule has 102 valence electrons. The number of primary amides is 1. The monoisotopic (exact) mass is 265 g/mol. The topological polar surface area (TPSA) is 77.2 Å². The Labute approximate surface area is 110 Å². The standard InChI is InChI=1S/C13H16FN3O2/c1-6-8(4-16-6)19-9-5-17-12(13(15)18)11(14)10(9)7-2-3-7/h5-8,16H,2-4H2,1H3,(H2,15,18)/t6-,8+/m1/s1. The van der Waals surface area contributed by atoms with Crippen molar-refractivity contribution in [2.75, 3.05) is 6.54 Å². The normalized spacial score (nSPS) is 25.8. The van der Waals surface area contributed by atoms with Gasteiger partial charge in [0.2, 0.25) is 0 Å². The van der Waals surface area contributed by atoms with Crippen molar-refractivity contribution >= 4 is 5.91 Å². The van der Waals surface area contributed by atoms with Crippen LogP contribution in [0.15, 0.2) is 6.20 Å². The number of aromatic nitrogens is 1. The Kier molecular flexibility index (Phi) is 2.89. The number of carbonyl (C=O) groups is 1. The minimum absolute atomic E-state index is 0.0260. The lowest BCUT2D eigenvalue weighted by Gasteiger charge is -2.35. The molecular weight excluding hydrogens is 249 g/mol. The molecule has 0 radical (unpaired) electrons. The minimum atomic E-state index is -0.843. The molecule has 0 aromatic carbocycles. The summed E-state index contributed by atoms with van der Waals surface area (Å²) in [6.45, 7) is 2.75. The highest BCUT2D eigenvalue weighted by molar-refractivity contribution is 5.91. The minimum Gasteiger partial charge on any atom is -0.485 e. The first-order valence-electron chi connectivity index (χ1n) is 6.46. The van der Waals surface area contributed by atoms with Gasteiger partial charge in [-0.15, -0.1) is 0 Å². The van der Waals surface area contributed by atoms with Crippen LogP contribution < -0.4 is 15.8 Å². The van der Waals surface area contributed by atoms with Crippen LogP contribution in [0.3, 0.4) is 0 Å². The molecule has 1 aliphatic heterocycles. The lowest BCUT2D eigenvalue weighted by Crippen LogP contribution is -2.58. The van der Waals surface area contributed by atoms with Crippen LogP contribution in [0.5, 0.6) is 5.75 Å². The second kappa shape index (κ2) is 4.45. The number of hydrogen-bond acceptors (Lipinski definition) is 4. The largest absolute Gasteiger partial charge is 0.485 e. The van der Waals surface area contributed by atoms with Crippen LogP contribution in [0.1, 0.15) is 41.7 Å². The van der Waals surface area contributed by atoms with E-state index < -0.39 is 11.7 Å². The summed E-state index contributed by atoms with van der Waals surface area (Å²) in [5, 5.41) is 3.17. The molecule has 3 N–H and O–H groups in total. The fourth-order valence-corrected chi connectivity index (χ4v) is 2.26. The third kappa shape index (κ3) is 2.16. The smallest absolute Gasteiger partial charge is 0.270 e. The highest BCUT2D eigenvalue weighted by Gasteiger charge is 2.35. The van der Waals surface area contributed by atoms with E-state index in [0.29, 0.717) is 11.3 Å². The van der Waals surface area contributed by atoms with Crippen LogP contribution in [-0.2, 0) is 0 Å². The average Bonchev–Trinajstić information content (AvgIpc) is 3.18. The van der Waals surface area contributed by atoms with Gasteiger partial charge in [0.25, 0.3) is 5.91 Å². The predicted octanol–water partition coefficient (Wildman–Crippen LogP) is 0.936. The molecule has 1 aromatic rings. The molecule has 1 aliphatic carbocycles. The lowest BCUT2D eigenvalue weighted by atomic mass is 10.0. The molecule has 1 saturated carbocycles. The van der Waals surface area contributed by atoms with E-state index >= 15 is 0 Å². The summed E-state index contributed by atoms with van der Waals surface area (Å²) in [7, 11) is 0. The molecule has 1 aromatic heterocycles. The SMILES string of the molecule is C[C@H]1NC[C@@H]1Oc1cnc(C(N)=O)c(F)c1C1CC1. The molecule has 1 amide bonds. The van der Waals surface area contributed by atoms with E-state index in [4.69, 9.17) is 10.5 Å². The van der Waals surface area contributed by atoms with E-state index in [1.807, 2.05) is 6.92 Å². The fraction of sp³-hybridized carbons (Fsp3) is 0.538. The van der Waals surface area contributed by atoms with E-state index in [9.17, 15) is 9.18 Å². The van der Waals surface area contributed by atoms with Gasteiger partial charge in [-0.25, -0.2) is 9.37 Å². The summed E-state index contributed by atoms with van der Waals surface area (Å²) < 4.78 is 20.1. The van der Waals surface area contributed by atoms with Crippen LogP contribution in [0.25, 0.3) is 0 Å². The van der Waals surface area contributed by atoms with E-state index in [0.717, 1.165) is 19.4 Å². The van der Waals surface area contributed by atoms with Crippen molar-refractivity contribution in [2.45, 2.75) is 37.8 Å². The Morgan fingerprint density at radius 1 is 1.58 bits per heavy atom. The fourth-order valence-electron chi connectivity index (χ4n) is 2.26. The number of halogens is 1. The summed E-state index contributed by atoms with van der Waals surface area (Å²) in [5.74, 6) is -0.889. The number of rotatable bonds is 4. The maximum Gasteiger partial charge on any atom is 0.270 e. The summed E-state index contributed by atoms with van der Waals surface area (Å²) >= 11 is 0. The Hall–Kier alpha value is -1.69. The Balaban J connectivity index is 1.94. The summed E-state index contributed by atoms with van der Waals surface area (Å²) in [4.78, 5) is 14.9. The maximum atomic E-state index is 14.3. The van der Waals surface area contributed by atoms with Gasteiger partial charge in [0.15, 0.2) is 11.5 Å². The molecule has 0 unspecified atom stereocenters. The van der Waals surface area contributed by atoms with Gasteiger partial charge in [-0.1, -0.05) is 0 Å². The highest BCUT2D eigenvalue weighted by Crippen LogP contribution is 2.46. The van der Waals surface area contributed by atoms with Gasteiger partial charge >= 0.3 is 0 Å². The van der Waals surface area contributed by atoms with Crippen LogP contribution in [0.2, 0.25) is 0 Å². The molecule has 1 saturated heterocycles. The van der Waals surface area contributed by atoms with Gasteiger partial charge in [-0.2, -0.15) is 0 Å². The van der Waals surface area contributed by atoms with Crippen molar-refractivity contribution in [1.82, 2.24) is 10.3 Å². The summed E-state index contributed by atoms with van der Waals surface area (Å²) in [5.41, 5.74) is 5.29. The van der Waals surface area contributed by atoms with Gasteiger partial charge in [-0.05, 0) is 25.7 Å². The van der Waals surface area contributed by atoms with Crippen molar-refractivity contribution in [2.24, 2.45) is 5.73 Å². The molecule has 19 heavy (non-hydrogen) atoms. The number of pyridine rings is 1. The van der Waals surface area contributed by atoms with Crippen molar-refractivity contribution in [1.29, 1.82) is 0 Å². The molecule has 2 aliphatic rings. The molecule has 0 bridgehead atoms. The van der Waals surface area contributed by atoms with Gasteiger partial charge in [0, 0.05) is 18.2 Å². The predicted molar refractivity (Wildman–Crippen MR) is 66.6 cm³/mol. The zero-order valence-electron chi connectivity index (χ0n) is 10.6. The molecule has 2 atom stereocenters. The van der Waals surface area contributed by atoms with E-state index in [2.05, 4.69) is 10.3 Å². The second-order valence-electron chi connectivity index (χ2n) is 5.19. The second-order valence-corrected chi connectivity index (χ2v) is 5.19. The summed E-state index contributed by atoms with van der Waals surface area (Å²) in [6.07, 6.45) is 3.27. The third-order valence-electron chi connectivity index (χ3n) is 3.72. The number of hydrogen-bond donors (Lipinski definition) is 2. The molecule has 2 heterocycles. The van der Waals surface area contributed by atoms with E-state index in [1.54, 1.807) is 0 Å². The highest BCUT2D eigenvalue weighted by atomic mass is 19.1. The van der Waals surface area contributed by atoms with Gasteiger partial charge in [0.05, 0.1) is 6.20 Å². The number of carbonyl (C=O) groups excluding carboxylic acids is 1. The Bertz CT molecular complexity index is 531. The molecule has 5 nitrogen and oxygen atoms in total. The Morgan fingerprint density at radius 3 is 2.79 bits per heavy atom. The lowest BCUT2D eigenvalue weighted by molar-refractivity contribution is 0.0914. The molecule has 2 fully saturated rings. The molecule has 3 rings (SSSR count).